The van der Waals surface area contributed by atoms with E-state index < -0.39 is 11.7 Å². The van der Waals surface area contributed by atoms with Crippen molar-refractivity contribution in [2.45, 2.75) is 38.9 Å². The fourth-order valence-electron chi connectivity index (χ4n) is 3.13. The molecule has 0 aromatic heterocycles. The largest absolute Gasteiger partial charge is 0.461 e. The van der Waals surface area contributed by atoms with Gasteiger partial charge in [-0.2, -0.15) is 0 Å². The molecular weight excluding hydrogens is 258 g/mol. The molecular formula is C15H17NO4. The zero-order chi connectivity index (χ0) is 14.5. The molecule has 5 heteroatoms. The van der Waals surface area contributed by atoms with Crippen molar-refractivity contribution < 1.29 is 19.4 Å². The average molecular weight is 275 g/mol. The Morgan fingerprint density at radius 3 is 2.55 bits per heavy atom. The number of carbonyl (C=O) groups excluding carboxylic acids is 2. The molecule has 1 saturated heterocycles. The molecule has 0 saturated carbocycles. The second kappa shape index (κ2) is 4.31. The van der Waals surface area contributed by atoms with Crippen molar-refractivity contribution >= 4 is 11.8 Å². The van der Waals surface area contributed by atoms with Crippen LogP contribution in [0.25, 0.3) is 0 Å². The van der Waals surface area contributed by atoms with Crippen LogP contribution in [0.15, 0.2) is 12.1 Å². The molecule has 1 aromatic carbocycles. The van der Waals surface area contributed by atoms with Crippen molar-refractivity contribution in [2.75, 3.05) is 0 Å². The van der Waals surface area contributed by atoms with E-state index in [1.54, 1.807) is 0 Å². The second-order valence-electron chi connectivity index (χ2n) is 5.77. The quantitative estimate of drug-likeness (QED) is 0.749. The monoisotopic (exact) mass is 275 g/mol. The van der Waals surface area contributed by atoms with Gasteiger partial charge in [-0.15, -0.1) is 0 Å². The summed E-state index contributed by atoms with van der Waals surface area (Å²) in [4.78, 5) is 23.0. The minimum atomic E-state index is -1.46. The highest BCUT2D eigenvalue weighted by Crippen LogP contribution is 2.42. The third-order valence-electron chi connectivity index (χ3n) is 4.00. The van der Waals surface area contributed by atoms with Crippen LogP contribution in [-0.4, -0.2) is 22.7 Å². The number of piperidine rings is 1. The third kappa shape index (κ3) is 2.08. The number of fused-ring (bicyclic) bond motifs is 1. The van der Waals surface area contributed by atoms with Gasteiger partial charge in [-0.05, 0) is 19.4 Å². The molecule has 20 heavy (non-hydrogen) atoms. The Kier molecular flexibility index (Phi) is 2.83. The number of nitrogens with one attached hydrogen (secondary N) is 1. The van der Waals surface area contributed by atoms with Gasteiger partial charge in [0.1, 0.15) is 5.75 Å². The van der Waals surface area contributed by atoms with E-state index in [1.807, 2.05) is 26.0 Å². The van der Waals surface area contributed by atoms with E-state index in [2.05, 4.69) is 5.32 Å². The highest BCUT2D eigenvalue weighted by Gasteiger charge is 2.48. The summed E-state index contributed by atoms with van der Waals surface area (Å²) in [6.45, 7) is 3.92. The van der Waals surface area contributed by atoms with Crippen molar-refractivity contribution in [1.29, 1.82) is 0 Å². The first-order valence-corrected chi connectivity index (χ1v) is 6.71. The summed E-state index contributed by atoms with van der Waals surface area (Å²) in [6, 6.07) is 3.97. The number of amides is 2. The summed E-state index contributed by atoms with van der Waals surface area (Å²) in [5.74, 6) is -2.00. The Bertz CT molecular complexity index is 594. The molecule has 0 bridgehead atoms. The lowest BCUT2D eigenvalue weighted by Gasteiger charge is -2.33. The van der Waals surface area contributed by atoms with Gasteiger partial charge in [0.05, 0.1) is 0 Å². The van der Waals surface area contributed by atoms with Gasteiger partial charge in [-0.25, -0.2) is 0 Å². The van der Waals surface area contributed by atoms with Gasteiger partial charge in [0.2, 0.25) is 17.6 Å². The molecule has 106 valence electrons. The summed E-state index contributed by atoms with van der Waals surface area (Å²) in [6.07, 6.45) is 0.526. The molecule has 2 aliphatic heterocycles. The molecule has 2 aliphatic rings. The summed E-state index contributed by atoms with van der Waals surface area (Å²) >= 11 is 0. The molecule has 0 aliphatic carbocycles. The first kappa shape index (κ1) is 13.1. The summed E-state index contributed by atoms with van der Waals surface area (Å²) < 4.78 is 5.74. The predicted molar refractivity (Wildman–Crippen MR) is 71.1 cm³/mol. The zero-order valence-corrected chi connectivity index (χ0v) is 11.5. The number of hydrogen-bond acceptors (Lipinski definition) is 4. The average Bonchev–Trinajstić information content (AvgIpc) is 2.66. The first-order valence-electron chi connectivity index (χ1n) is 6.71. The van der Waals surface area contributed by atoms with Crippen LogP contribution in [-0.2, 0) is 16.0 Å². The highest BCUT2D eigenvalue weighted by atomic mass is 16.6. The Morgan fingerprint density at radius 1 is 1.25 bits per heavy atom. The lowest BCUT2D eigenvalue weighted by atomic mass is 9.85. The summed E-state index contributed by atoms with van der Waals surface area (Å²) in [7, 11) is 0. The first-order chi connectivity index (χ1) is 9.37. The normalized spacial score (nSPS) is 26.1. The molecule has 1 atom stereocenters. The number of carbonyl (C=O) groups is 2. The van der Waals surface area contributed by atoms with Gasteiger partial charge in [-0.1, -0.05) is 17.7 Å². The number of rotatable bonds is 1. The number of ether oxygens (including phenoxy) is 1. The highest BCUT2D eigenvalue weighted by molar-refractivity contribution is 5.97. The van der Waals surface area contributed by atoms with Crippen LogP contribution >= 0.6 is 0 Å². The topological polar surface area (TPSA) is 75.6 Å². The van der Waals surface area contributed by atoms with E-state index in [0.29, 0.717) is 12.2 Å². The Morgan fingerprint density at radius 2 is 1.90 bits per heavy atom. The van der Waals surface area contributed by atoms with E-state index in [4.69, 9.17) is 4.74 Å². The Hall–Kier alpha value is -1.88. The van der Waals surface area contributed by atoms with Crippen molar-refractivity contribution in [3.63, 3.8) is 0 Å². The van der Waals surface area contributed by atoms with Crippen molar-refractivity contribution in [3.05, 3.63) is 28.8 Å². The molecule has 1 fully saturated rings. The molecule has 1 aromatic rings. The van der Waals surface area contributed by atoms with Crippen LogP contribution < -0.4 is 10.1 Å². The molecule has 2 heterocycles. The van der Waals surface area contributed by atoms with Crippen molar-refractivity contribution in [3.8, 4) is 5.75 Å². The van der Waals surface area contributed by atoms with Crippen molar-refractivity contribution in [1.82, 2.24) is 5.32 Å². The van der Waals surface area contributed by atoms with Crippen LogP contribution in [0.3, 0.4) is 0 Å². The van der Waals surface area contributed by atoms with Crippen LogP contribution in [0.1, 0.15) is 29.5 Å². The fraction of sp³-hybridized carbons (Fsp3) is 0.467. The standard InChI is InChI=1S/C15H17NO4/c1-8-3-9(2)14-10(4-8)7-15(19,20-14)11-5-12(17)16-13(18)6-11/h3-4,11,19H,5-7H2,1-2H3,(H,16,17,18). The number of imide groups is 1. The smallest absolute Gasteiger partial charge is 0.227 e. The number of aryl methyl sites for hydroxylation is 2. The van der Waals surface area contributed by atoms with Crippen LogP contribution in [0.4, 0.5) is 0 Å². The van der Waals surface area contributed by atoms with E-state index >= 15 is 0 Å². The Balaban J connectivity index is 1.91. The number of benzene rings is 1. The SMILES string of the molecule is Cc1cc(C)c2c(c1)CC(O)(C1CC(=O)NC(=O)C1)O2. The third-order valence-corrected chi connectivity index (χ3v) is 4.00. The van der Waals surface area contributed by atoms with Crippen LogP contribution in [0.2, 0.25) is 0 Å². The maximum absolute atomic E-state index is 11.5. The van der Waals surface area contributed by atoms with Crippen LogP contribution in [0.5, 0.6) is 5.75 Å². The maximum atomic E-state index is 11.5. The van der Waals surface area contributed by atoms with Gasteiger partial charge in [0.15, 0.2) is 0 Å². The van der Waals surface area contributed by atoms with E-state index in [0.717, 1.165) is 16.7 Å². The molecule has 1 unspecified atom stereocenters. The Labute approximate surface area is 116 Å². The van der Waals surface area contributed by atoms with E-state index in [1.165, 1.54) is 0 Å². The van der Waals surface area contributed by atoms with Gasteiger partial charge in [0.25, 0.3) is 0 Å². The minimum absolute atomic E-state index is 0.105. The molecule has 5 nitrogen and oxygen atoms in total. The van der Waals surface area contributed by atoms with Crippen LogP contribution in [0, 0.1) is 19.8 Å². The second-order valence-corrected chi connectivity index (χ2v) is 5.77. The molecule has 3 rings (SSSR count). The molecule has 0 spiro atoms. The van der Waals surface area contributed by atoms with Gasteiger partial charge < -0.3 is 9.84 Å². The van der Waals surface area contributed by atoms with Gasteiger partial charge in [0, 0.05) is 30.7 Å². The predicted octanol–water partition coefficient (Wildman–Crippen LogP) is 0.980. The fourth-order valence-corrected chi connectivity index (χ4v) is 3.13. The maximum Gasteiger partial charge on any atom is 0.227 e. The van der Waals surface area contributed by atoms with E-state index in [9.17, 15) is 14.7 Å². The zero-order valence-electron chi connectivity index (χ0n) is 11.5. The summed E-state index contributed by atoms with van der Waals surface area (Å²) in [5.41, 5.74) is 3.00. The number of aliphatic hydroxyl groups is 1. The lowest BCUT2D eigenvalue weighted by Crippen LogP contribution is -2.50. The molecule has 0 radical (unpaired) electrons. The van der Waals surface area contributed by atoms with E-state index in [-0.39, 0.29) is 24.7 Å². The summed E-state index contributed by atoms with van der Waals surface area (Å²) in [5, 5.41) is 13.0. The lowest BCUT2D eigenvalue weighted by molar-refractivity contribution is -0.178. The number of hydrogen-bond donors (Lipinski definition) is 2. The van der Waals surface area contributed by atoms with Crippen molar-refractivity contribution in [2.24, 2.45) is 5.92 Å². The minimum Gasteiger partial charge on any atom is -0.461 e. The van der Waals surface area contributed by atoms with Gasteiger partial charge >= 0.3 is 0 Å². The van der Waals surface area contributed by atoms with Gasteiger partial charge in [-0.3, -0.25) is 14.9 Å². The molecule has 2 amide bonds. The molecule has 2 N–H and O–H groups in total.